The third-order valence-electron chi connectivity index (χ3n) is 7.80. The van der Waals surface area contributed by atoms with Crippen molar-refractivity contribution in [2.45, 2.75) is 96.2 Å². The van der Waals surface area contributed by atoms with Crippen molar-refractivity contribution in [3.63, 3.8) is 0 Å². The first kappa shape index (κ1) is 40.0. The van der Waals surface area contributed by atoms with Crippen molar-refractivity contribution in [3.8, 4) is 0 Å². The van der Waals surface area contributed by atoms with Crippen LogP contribution in [0.4, 0.5) is 14.0 Å². The highest BCUT2D eigenvalue weighted by Crippen LogP contribution is 2.74. The van der Waals surface area contributed by atoms with Crippen LogP contribution in [0.15, 0.2) is 21.9 Å². The summed E-state index contributed by atoms with van der Waals surface area (Å²) in [5, 5.41) is 11.9. The summed E-state index contributed by atoms with van der Waals surface area (Å²) < 4.78 is 75.3. The molecular formula is C28H43FN3O16P. The highest BCUT2D eigenvalue weighted by Gasteiger charge is 2.93. The van der Waals surface area contributed by atoms with Gasteiger partial charge >= 0.3 is 31.8 Å². The number of nitrogens with one attached hydrogen (secondary N) is 1. The first-order valence-corrected chi connectivity index (χ1v) is 16.7. The molecule has 0 aromatic carbocycles. The van der Waals surface area contributed by atoms with Crippen molar-refractivity contribution in [2.75, 3.05) is 26.9 Å². The molecule has 1 saturated heterocycles. The average Bonchev–Trinajstić information content (AvgIpc) is 3.47. The molecule has 6 atom stereocenters. The zero-order chi connectivity index (χ0) is 36.9. The maximum atomic E-state index is 15.1. The highest BCUT2D eigenvalue weighted by atomic mass is 31.2. The summed E-state index contributed by atoms with van der Waals surface area (Å²) >= 11 is 0. The van der Waals surface area contributed by atoms with Gasteiger partial charge < -0.3 is 39.3 Å². The number of carbonyl (C=O) groups is 3. The van der Waals surface area contributed by atoms with Crippen LogP contribution in [0.5, 0.6) is 0 Å². The van der Waals surface area contributed by atoms with Gasteiger partial charge in [-0.25, -0.2) is 32.4 Å². The maximum Gasteiger partial charge on any atom is 0.510 e. The van der Waals surface area contributed by atoms with Crippen molar-refractivity contribution < 1.29 is 70.4 Å². The molecule has 1 saturated carbocycles. The van der Waals surface area contributed by atoms with E-state index in [2.05, 4.69) is 0 Å². The Morgan fingerprint density at radius 1 is 1.04 bits per heavy atom. The summed E-state index contributed by atoms with van der Waals surface area (Å²) in [4.78, 5) is 62.9. The second-order valence-corrected chi connectivity index (χ2v) is 14.0. The number of phosphoric ester groups is 1. The van der Waals surface area contributed by atoms with E-state index in [0.29, 0.717) is 0 Å². The molecule has 21 heteroatoms. The monoisotopic (exact) mass is 727 g/mol. The number of H-pyrrole nitrogens is 1. The molecule has 19 nitrogen and oxygen atoms in total. The first-order chi connectivity index (χ1) is 22.8. The first-order valence-electron chi connectivity index (χ1n) is 15.2. The van der Waals surface area contributed by atoms with Crippen LogP contribution < -0.4 is 17.0 Å². The van der Waals surface area contributed by atoms with Gasteiger partial charge in [-0.2, -0.15) is 0 Å². The molecule has 0 spiro atoms. The summed E-state index contributed by atoms with van der Waals surface area (Å²) in [6.07, 6.45) is -4.43. The van der Waals surface area contributed by atoms with Gasteiger partial charge in [-0.1, -0.05) is 13.8 Å². The summed E-state index contributed by atoms with van der Waals surface area (Å²) in [6.45, 7) is 6.64. The number of aromatic amines is 1. The van der Waals surface area contributed by atoms with Crippen LogP contribution in [0.2, 0.25) is 0 Å². The van der Waals surface area contributed by atoms with Crippen LogP contribution in [-0.4, -0.2) is 94.9 Å². The third-order valence-corrected chi connectivity index (χ3v) is 9.15. The molecule has 278 valence electrons. The Hall–Kier alpha value is -3.39. The van der Waals surface area contributed by atoms with Gasteiger partial charge in [0.2, 0.25) is 13.6 Å². The number of aliphatic hydroxyl groups is 1. The molecular weight excluding hydrogens is 684 g/mol. The van der Waals surface area contributed by atoms with E-state index in [1.165, 1.54) is 0 Å². The van der Waals surface area contributed by atoms with Crippen LogP contribution >= 0.6 is 7.82 Å². The van der Waals surface area contributed by atoms with Crippen LogP contribution in [0.25, 0.3) is 0 Å². The lowest BCUT2D eigenvalue weighted by Gasteiger charge is -2.35. The Labute approximate surface area is 280 Å². The lowest BCUT2D eigenvalue weighted by molar-refractivity contribution is -0.185. The Morgan fingerprint density at radius 3 is 2.06 bits per heavy atom. The number of carbonyl (C=O) groups excluding carboxylic acids is 3. The second-order valence-electron chi connectivity index (χ2n) is 12.3. The minimum atomic E-state index is -4.74. The van der Waals surface area contributed by atoms with Crippen molar-refractivity contribution in [2.24, 2.45) is 17.6 Å². The lowest BCUT2D eigenvalue weighted by Crippen LogP contribution is -2.54. The zero-order valence-corrected chi connectivity index (χ0v) is 29.0. The quantitative estimate of drug-likeness (QED) is 0.0898. The Balaban J connectivity index is 1.85. The molecule has 0 radical (unpaired) electrons. The largest absolute Gasteiger partial charge is 0.510 e. The van der Waals surface area contributed by atoms with Crippen molar-refractivity contribution in [1.29, 1.82) is 0 Å². The molecule has 0 bridgehead atoms. The molecule has 6 unspecified atom stereocenters. The van der Waals surface area contributed by atoms with Crippen molar-refractivity contribution in [1.82, 2.24) is 9.55 Å². The van der Waals surface area contributed by atoms with Crippen molar-refractivity contribution in [3.05, 3.63) is 33.1 Å². The minimum Gasteiger partial charge on any atom is -0.451 e. The molecule has 1 aromatic rings. The van der Waals surface area contributed by atoms with E-state index in [1.54, 1.807) is 41.5 Å². The molecule has 0 amide bonds. The van der Waals surface area contributed by atoms with Gasteiger partial charge in [-0.3, -0.25) is 23.7 Å². The lowest BCUT2D eigenvalue weighted by atomic mass is 9.91. The van der Waals surface area contributed by atoms with E-state index in [0.717, 1.165) is 23.8 Å². The zero-order valence-electron chi connectivity index (χ0n) is 28.1. The topological polar surface area (TPSA) is 252 Å². The number of fused-ring (bicyclic) bond motifs is 1. The number of rotatable bonds is 17. The number of nitrogens with zero attached hydrogens (tertiary/aromatic N) is 1. The van der Waals surface area contributed by atoms with E-state index in [1.807, 2.05) is 4.98 Å². The predicted molar refractivity (Wildman–Crippen MR) is 161 cm³/mol. The average molecular weight is 728 g/mol. The number of aromatic nitrogens is 2. The van der Waals surface area contributed by atoms with E-state index >= 15 is 4.39 Å². The van der Waals surface area contributed by atoms with Gasteiger partial charge in [-0.05, 0) is 47.0 Å². The number of hydrogen-bond donors (Lipinski definition) is 3. The fourth-order valence-electron chi connectivity index (χ4n) is 5.49. The Bertz CT molecular complexity index is 1480. The molecule has 1 aliphatic carbocycles. The van der Waals surface area contributed by atoms with Crippen LogP contribution in [0, 0.1) is 11.8 Å². The molecule has 1 aromatic heterocycles. The smallest absolute Gasteiger partial charge is 0.451 e. The summed E-state index contributed by atoms with van der Waals surface area (Å²) in [5.41, 5.74) is -2.34. The summed E-state index contributed by atoms with van der Waals surface area (Å²) in [6, 6.07) is -0.233. The Morgan fingerprint density at radius 2 is 1.59 bits per heavy atom. The normalized spacial score (nSPS) is 26.7. The maximum absolute atomic E-state index is 15.1. The molecule has 1 aliphatic heterocycles. The SMILES string of the molecule is CC(C)OC(=O)OCOP(=O)(OCCC1C2(CF)OC(n3ccc(=O)[nH]c3=O)C(C)(O)C12OC(=O)C(N)C(C)C)OCOC(=O)OC(C)C. The number of esters is 1. The number of hydrogen-bond acceptors (Lipinski definition) is 17. The van der Waals surface area contributed by atoms with E-state index in [-0.39, 0.29) is 6.42 Å². The van der Waals surface area contributed by atoms with Gasteiger partial charge in [0.15, 0.2) is 11.8 Å². The Kier molecular flexibility index (Phi) is 12.8. The molecule has 49 heavy (non-hydrogen) atoms. The molecule has 2 heterocycles. The highest BCUT2D eigenvalue weighted by molar-refractivity contribution is 7.48. The minimum absolute atomic E-state index is 0.347. The number of phosphoric acid groups is 1. The summed E-state index contributed by atoms with van der Waals surface area (Å²) in [7, 11) is -4.74. The molecule has 2 aliphatic rings. The molecule has 4 N–H and O–H groups in total. The van der Waals surface area contributed by atoms with Gasteiger partial charge in [-0.15, -0.1) is 0 Å². The van der Waals surface area contributed by atoms with Gasteiger partial charge in [0, 0.05) is 18.2 Å². The second kappa shape index (κ2) is 15.7. The predicted octanol–water partition coefficient (Wildman–Crippen LogP) is 2.01. The summed E-state index contributed by atoms with van der Waals surface area (Å²) in [5.74, 6) is -2.65. The standard InChI is InChI=1S/C28H43FN3O16P/c1-15(2)20(30)21(34)47-28-18(27(28,12-29)48-22(26(28,7)38)32-10-8-19(33)31-23(32)35)9-11-42-49(39,43-13-40-24(36)45-16(3)4)44-14-41-25(37)46-17(5)6/h8,10,15-18,20,22,38H,9,11-14,30H2,1-7H3,(H,31,33,35). The number of halogens is 1. The van der Waals surface area contributed by atoms with Crippen LogP contribution in [0.1, 0.15) is 61.1 Å². The van der Waals surface area contributed by atoms with Crippen molar-refractivity contribution >= 4 is 26.1 Å². The number of nitrogens with two attached hydrogens (primary N) is 1. The van der Waals surface area contributed by atoms with E-state index in [4.69, 9.17) is 47.7 Å². The van der Waals surface area contributed by atoms with Crippen LogP contribution in [-0.2, 0) is 51.4 Å². The fraction of sp³-hybridized carbons (Fsp3) is 0.750. The number of ether oxygens (including phenoxy) is 6. The van der Waals surface area contributed by atoms with Gasteiger partial charge in [0.25, 0.3) is 5.56 Å². The number of alkyl halides is 1. The van der Waals surface area contributed by atoms with E-state index < -0.39 is 117 Å². The molecule has 3 rings (SSSR count). The van der Waals surface area contributed by atoms with Gasteiger partial charge in [0.1, 0.15) is 23.9 Å². The van der Waals surface area contributed by atoms with Crippen LogP contribution in [0.3, 0.4) is 0 Å². The molecule has 2 fully saturated rings. The third kappa shape index (κ3) is 8.50. The van der Waals surface area contributed by atoms with Gasteiger partial charge in [0.05, 0.1) is 18.8 Å². The fourth-order valence-corrected chi connectivity index (χ4v) is 6.41. The van der Waals surface area contributed by atoms with E-state index in [9.17, 15) is 33.6 Å².